The molecule has 1 saturated heterocycles. The summed E-state index contributed by atoms with van der Waals surface area (Å²) in [5.41, 5.74) is 0.0413. The summed E-state index contributed by atoms with van der Waals surface area (Å²) in [5, 5.41) is 6.62. The lowest BCUT2D eigenvalue weighted by molar-refractivity contribution is -0.132. The van der Waals surface area contributed by atoms with Crippen molar-refractivity contribution in [3.8, 4) is 0 Å². The lowest BCUT2D eigenvalue weighted by Gasteiger charge is -2.36. The molecule has 1 rings (SSSR count). The summed E-state index contributed by atoms with van der Waals surface area (Å²) in [5.74, 6) is 0.260. The van der Waals surface area contributed by atoms with E-state index in [1.54, 1.807) is 0 Å². The quantitative estimate of drug-likeness (QED) is 0.669. The van der Waals surface area contributed by atoms with Gasteiger partial charge in [-0.2, -0.15) is 0 Å². The number of amides is 1. The Kier molecular flexibility index (Phi) is 7.01. The van der Waals surface area contributed by atoms with Crippen LogP contribution in [0.1, 0.15) is 72.6 Å². The second-order valence-corrected chi connectivity index (χ2v) is 7.22. The zero-order valence-corrected chi connectivity index (χ0v) is 14.0. The van der Waals surface area contributed by atoms with Gasteiger partial charge in [-0.25, -0.2) is 0 Å². The highest BCUT2D eigenvalue weighted by atomic mass is 16.2. The third kappa shape index (κ3) is 5.08. The second-order valence-electron chi connectivity index (χ2n) is 7.22. The van der Waals surface area contributed by atoms with Gasteiger partial charge in [-0.1, -0.05) is 47.0 Å². The van der Waals surface area contributed by atoms with Crippen LogP contribution in [0.4, 0.5) is 0 Å². The Morgan fingerprint density at radius 1 is 1.30 bits per heavy atom. The zero-order valence-electron chi connectivity index (χ0n) is 14.0. The van der Waals surface area contributed by atoms with Crippen molar-refractivity contribution in [3.05, 3.63) is 0 Å². The van der Waals surface area contributed by atoms with Crippen LogP contribution in [0.5, 0.6) is 0 Å². The molecule has 1 unspecified atom stereocenters. The Morgan fingerprint density at radius 3 is 2.60 bits per heavy atom. The first kappa shape index (κ1) is 17.5. The predicted octanol–water partition coefficient (Wildman–Crippen LogP) is 3.49. The Bertz CT molecular complexity index is 293. The number of rotatable bonds is 8. The molecule has 1 fully saturated rings. The fourth-order valence-corrected chi connectivity index (χ4v) is 3.07. The average molecular weight is 282 g/mol. The molecule has 0 aromatic rings. The van der Waals surface area contributed by atoms with E-state index in [1.165, 1.54) is 25.7 Å². The molecule has 0 aliphatic carbocycles. The van der Waals surface area contributed by atoms with Gasteiger partial charge in [-0.3, -0.25) is 4.79 Å². The molecule has 3 heteroatoms. The first-order valence-electron chi connectivity index (χ1n) is 8.45. The number of piperidine rings is 1. The van der Waals surface area contributed by atoms with Gasteiger partial charge in [-0.15, -0.1) is 0 Å². The maximum Gasteiger partial charge on any atom is 0.227 e. The van der Waals surface area contributed by atoms with Crippen molar-refractivity contribution in [1.82, 2.24) is 10.6 Å². The summed E-state index contributed by atoms with van der Waals surface area (Å²) in [4.78, 5) is 12.6. The molecule has 20 heavy (non-hydrogen) atoms. The molecular weight excluding hydrogens is 248 g/mol. The molecule has 1 aliphatic rings. The van der Waals surface area contributed by atoms with Crippen LogP contribution in [0.15, 0.2) is 0 Å². The number of hydrogen-bond donors (Lipinski definition) is 2. The number of nitrogens with one attached hydrogen (secondary N) is 2. The van der Waals surface area contributed by atoms with Crippen LogP contribution in [0.25, 0.3) is 0 Å². The summed E-state index contributed by atoms with van der Waals surface area (Å²) in [6.07, 6.45) is 8.08. The zero-order chi connectivity index (χ0) is 15.1. The highest BCUT2D eigenvalue weighted by molar-refractivity contribution is 5.83. The molecule has 0 radical (unpaired) electrons. The van der Waals surface area contributed by atoms with E-state index >= 15 is 0 Å². The van der Waals surface area contributed by atoms with E-state index in [1.807, 2.05) is 0 Å². The van der Waals surface area contributed by atoms with Crippen molar-refractivity contribution >= 4 is 5.91 Å². The lowest BCUT2D eigenvalue weighted by atomic mass is 9.77. The van der Waals surface area contributed by atoms with Gasteiger partial charge in [0.15, 0.2) is 0 Å². The molecule has 1 heterocycles. The summed E-state index contributed by atoms with van der Waals surface area (Å²) in [6, 6.07) is 0. The summed E-state index contributed by atoms with van der Waals surface area (Å²) < 4.78 is 0. The first-order chi connectivity index (χ1) is 9.46. The Morgan fingerprint density at radius 2 is 2.05 bits per heavy atom. The van der Waals surface area contributed by atoms with Crippen LogP contribution >= 0.6 is 0 Å². The van der Waals surface area contributed by atoms with E-state index in [4.69, 9.17) is 0 Å². The van der Waals surface area contributed by atoms with Crippen LogP contribution in [0.3, 0.4) is 0 Å². The normalized spacial score (nSPS) is 23.6. The largest absolute Gasteiger partial charge is 0.355 e. The van der Waals surface area contributed by atoms with Crippen molar-refractivity contribution in [1.29, 1.82) is 0 Å². The van der Waals surface area contributed by atoms with Gasteiger partial charge < -0.3 is 10.6 Å². The van der Waals surface area contributed by atoms with E-state index in [-0.39, 0.29) is 16.7 Å². The van der Waals surface area contributed by atoms with E-state index < -0.39 is 0 Å². The molecule has 1 amide bonds. The molecule has 0 bridgehead atoms. The van der Waals surface area contributed by atoms with Crippen molar-refractivity contribution in [3.63, 3.8) is 0 Å². The second kappa shape index (κ2) is 8.02. The van der Waals surface area contributed by atoms with Gasteiger partial charge in [0.05, 0.1) is 5.41 Å². The van der Waals surface area contributed by atoms with E-state index in [0.717, 1.165) is 38.9 Å². The summed E-state index contributed by atoms with van der Waals surface area (Å²) >= 11 is 0. The summed E-state index contributed by atoms with van der Waals surface area (Å²) in [6.45, 7) is 11.6. The standard InChI is InChI=1S/C17H34N2O/c1-5-7-8-10-16(3,4)13-19-15(20)17(6-2)11-9-12-18-14-17/h18H,5-14H2,1-4H3,(H,19,20). The summed E-state index contributed by atoms with van der Waals surface area (Å²) in [7, 11) is 0. The predicted molar refractivity (Wildman–Crippen MR) is 85.8 cm³/mol. The molecular formula is C17H34N2O. The Balaban J connectivity index is 2.44. The average Bonchev–Trinajstić information content (AvgIpc) is 2.45. The molecule has 1 aliphatic heterocycles. The minimum atomic E-state index is -0.169. The Labute approximate surface area is 125 Å². The van der Waals surface area contributed by atoms with Gasteiger partial charge >= 0.3 is 0 Å². The topological polar surface area (TPSA) is 41.1 Å². The highest BCUT2D eigenvalue weighted by Crippen LogP contribution is 2.31. The van der Waals surface area contributed by atoms with Crippen LogP contribution in [0.2, 0.25) is 0 Å². The van der Waals surface area contributed by atoms with Gasteiger partial charge in [0, 0.05) is 13.1 Å². The van der Waals surface area contributed by atoms with Crippen LogP contribution in [0, 0.1) is 10.8 Å². The van der Waals surface area contributed by atoms with Crippen LogP contribution < -0.4 is 10.6 Å². The van der Waals surface area contributed by atoms with Gasteiger partial charge in [-0.05, 0) is 37.6 Å². The number of hydrogen-bond acceptors (Lipinski definition) is 2. The molecule has 0 aromatic heterocycles. The Hall–Kier alpha value is -0.570. The maximum atomic E-state index is 12.6. The van der Waals surface area contributed by atoms with Gasteiger partial charge in [0.2, 0.25) is 5.91 Å². The third-order valence-electron chi connectivity index (χ3n) is 4.82. The van der Waals surface area contributed by atoms with Crippen molar-refractivity contribution in [2.45, 2.75) is 72.6 Å². The lowest BCUT2D eigenvalue weighted by Crippen LogP contribution is -2.51. The molecule has 0 saturated carbocycles. The number of carbonyl (C=O) groups is 1. The van der Waals surface area contributed by atoms with Crippen LogP contribution in [-0.2, 0) is 4.79 Å². The smallest absolute Gasteiger partial charge is 0.227 e. The molecule has 1 atom stereocenters. The SMILES string of the molecule is CCCCCC(C)(C)CNC(=O)C1(CC)CCCNC1. The molecule has 2 N–H and O–H groups in total. The molecule has 0 aromatic carbocycles. The fourth-order valence-electron chi connectivity index (χ4n) is 3.07. The van der Waals surface area contributed by atoms with Crippen molar-refractivity contribution in [2.75, 3.05) is 19.6 Å². The minimum absolute atomic E-state index is 0.169. The first-order valence-corrected chi connectivity index (χ1v) is 8.45. The van der Waals surface area contributed by atoms with E-state index in [0.29, 0.717) is 0 Å². The fraction of sp³-hybridized carbons (Fsp3) is 0.941. The van der Waals surface area contributed by atoms with Crippen LogP contribution in [-0.4, -0.2) is 25.5 Å². The monoisotopic (exact) mass is 282 g/mol. The number of carbonyl (C=O) groups excluding carboxylic acids is 1. The van der Waals surface area contributed by atoms with Gasteiger partial charge in [0.25, 0.3) is 0 Å². The molecule has 3 nitrogen and oxygen atoms in total. The molecule has 0 spiro atoms. The van der Waals surface area contributed by atoms with E-state index in [9.17, 15) is 4.79 Å². The molecule has 118 valence electrons. The van der Waals surface area contributed by atoms with Crippen molar-refractivity contribution < 1.29 is 4.79 Å². The minimum Gasteiger partial charge on any atom is -0.355 e. The van der Waals surface area contributed by atoms with Gasteiger partial charge in [0.1, 0.15) is 0 Å². The third-order valence-corrected chi connectivity index (χ3v) is 4.82. The van der Waals surface area contributed by atoms with Crippen molar-refractivity contribution in [2.24, 2.45) is 10.8 Å². The number of unbranched alkanes of at least 4 members (excludes halogenated alkanes) is 2. The van der Waals surface area contributed by atoms with E-state index in [2.05, 4.69) is 38.3 Å². The maximum absolute atomic E-state index is 12.6. The highest BCUT2D eigenvalue weighted by Gasteiger charge is 2.38.